The number of rotatable bonds is 5. The van der Waals surface area contributed by atoms with E-state index in [0.717, 1.165) is 54.0 Å². The number of benzene rings is 1. The van der Waals surface area contributed by atoms with Crippen molar-refractivity contribution in [1.29, 1.82) is 0 Å². The maximum absolute atomic E-state index is 13.5. The van der Waals surface area contributed by atoms with Crippen LogP contribution in [0.3, 0.4) is 0 Å². The fraction of sp³-hybridized carbons (Fsp3) is 0.435. The molecule has 1 aromatic carbocycles. The number of hydrogen-bond acceptors (Lipinski definition) is 6. The number of hydrogen-bond donors (Lipinski definition) is 0. The number of aryl methyl sites for hydroxylation is 1. The molecular formula is C23H26N4O4. The summed E-state index contributed by atoms with van der Waals surface area (Å²) >= 11 is 0. The van der Waals surface area contributed by atoms with Gasteiger partial charge in [-0.2, -0.15) is 5.10 Å². The van der Waals surface area contributed by atoms with Gasteiger partial charge in [0.1, 0.15) is 5.69 Å². The third-order valence-corrected chi connectivity index (χ3v) is 6.30. The molecule has 1 fully saturated rings. The molecule has 2 aliphatic rings. The first-order valence-corrected chi connectivity index (χ1v) is 10.8. The average Bonchev–Trinajstić information content (AvgIpc) is 3.53. The molecule has 0 saturated heterocycles. The molecule has 1 saturated carbocycles. The van der Waals surface area contributed by atoms with Crippen LogP contribution >= 0.6 is 0 Å². The Kier molecular flexibility index (Phi) is 5.13. The smallest absolute Gasteiger partial charge is 0.293 e. The minimum absolute atomic E-state index is 0.134. The second-order valence-electron chi connectivity index (χ2n) is 8.26. The monoisotopic (exact) mass is 422 g/mol. The number of aromatic nitrogens is 3. The first-order chi connectivity index (χ1) is 15.1. The Labute approximate surface area is 180 Å². The minimum Gasteiger partial charge on any atom is -0.454 e. The SMILES string of the molecule is Cc1c(-c2cc(C(=O)N(Cc3ccc4c(c3)OCO4)C3CCCCC3)on2)cnn1C. The molecule has 31 heavy (non-hydrogen) atoms. The van der Waals surface area contributed by atoms with Crippen LogP contribution in [0.25, 0.3) is 11.3 Å². The molecule has 3 heterocycles. The van der Waals surface area contributed by atoms with Crippen LogP contribution in [0.4, 0.5) is 0 Å². The number of nitrogens with zero attached hydrogens (tertiary/aromatic N) is 4. The van der Waals surface area contributed by atoms with E-state index >= 15 is 0 Å². The number of fused-ring (bicyclic) bond motifs is 1. The summed E-state index contributed by atoms with van der Waals surface area (Å²) in [6, 6.07) is 7.75. The molecule has 3 aromatic rings. The first kappa shape index (κ1) is 19.7. The van der Waals surface area contributed by atoms with Crippen molar-refractivity contribution in [3.63, 3.8) is 0 Å². The number of ether oxygens (including phenoxy) is 2. The molecule has 0 bridgehead atoms. The lowest BCUT2D eigenvalue weighted by Crippen LogP contribution is -2.40. The number of carbonyl (C=O) groups is 1. The summed E-state index contributed by atoms with van der Waals surface area (Å²) in [4.78, 5) is 15.5. The van der Waals surface area contributed by atoms with Gasteiger partial charge in [0.2, 0.25) is 12.6 Å². The second kappa shape index (κ2) is 8.09. The number of amides is 1. The Morgan fingerprint density at radius 1 is 1.16 bits per heavy atom. The summed E-state index contributed by atoms with van der Waals surface area (Å²) in [6.45, 7) is 2.69. The van der Waals surface area contributed by atoms with E-state index in [1.165, 1.54) is 6.42 Å². The zero-order chi connectivity index (χ0) is 21.4. The molecule has 162 valence electrons. The van der Waals surface area contributed by atoms with Crippen molar-refractivity contribution >= 4 is 5.91 Å². The molecule has 0 radical (unpaired) electrons. The summed E-state index contributed by atoms with van der Waals surface area (Å²) in [5, 5.41) is 8.41. The van der Waals surface area contributed by atoms with Crippen molar-refractivity contribution in [3.05, 3.63) is 47.5 Å². The normalized spacial score (nSPS) is 15.9. The van der Waals surface area contributed by atoms with E-state index in [9.17, 15) is 4.79 Å². The van der Waals surface area contributed by atoms with Crippen LogP contribution in [0.5, 0.6) is 11.5 Å². The third-order valence-electron chi connectivity index (χ3n) is 6.30. The Hall–Kier alpha value is -3.29. The molecular weight excluding hydrogens is 396 g/mol. The van der Waals surface area contributed by atoms with Crippen molar-refractivity contribution < 1.29 is 18.8 Å². The highest BCUT2D eigenvalue weighted by atomic mass is 16.7. The standard InChI is InChI=1S/C23H26N4O4/c1-15-18(12-24-26(15)2)19-11-22(31-25-19)23(28)27(17-6-4-3-5-7-17)13-16-8-9-20-21(10-16)30-14-29-20/h8-12,17H,3-7,13-14H2,1-2H3. The molecule has 1 aliphatic carbocycles. The van der Waals surface area contributed by atoms with E-state index in [4.69, 9.17) is 14.0 Å². The molecule has 8 heteroatoms. The zero-order valence-electron chi connectivity index (χ0n) is 17.8. The average molecular weight is 422 g/mol. The van der Waals surface area contributed by atoms with Gasteiger partial charge in [-0.15, -0.1) is 0 Å². The molecule has 0 N–H and O–H groups in total. The Balaban J connectivity index is 1.42. The van der Waals surface area contributed by atoms with Crippen molar-refractivity contribution in [2.45, 2.75) is 51.6 Å². The summed E-state index contributed by atoms with van der Waals surface area (Å²) in [6.07, 6.45) is 7.22. The van der Waals surface area contributed by atoms with Crippen molar-refractivity contribution in [2.75, 3.05) is 6.79 Å². The van der Waals surface area contributed by atoms with Crippen LogP contribution in [0.2, 0.25) is 0 Å². The van der Waals surface area contributed by atoms with Gasteiger partial charge in [-0.1, -0.05) is 30.5 Å². The van der Waals surface area contributed by atoms with Crippen LogP contribution in [0.15, 0.2) is 35.0 Å². The van der Waals surface area contributed by atoms with Gasteiger partial charge in [0.25, 0.3) is 5.91 Å². The Morgan fingerprint density at radius 3 is 2.74 bits per heavy atom. The summed E-state index contributed by atoms with van der Waals surface area (Å²) in [5.41, 5.74) is 3.47. The quantitative estimate of drug-likeness (QED) is 0.616. The van der Waals surface area contributed by atoms with E-state index in [-0.39, 0.29) is 24.5 Å². The third kappa shape index (κ3) is 3.78. The van der Waals surface area contributed by atoms with E-state index in [1.54, 1.807) is 16.9 Å². The van der Waals surface area contributed by atoms with E-state index in [2.05, 4.69) is 10.3 Å². The molecule has 0 spiro atoms. The highest BCUT2D eigenvalue weighted by Gasteiger charge is 2.30. The molecule has 8 nitrogen and oxygen atoms in total. The lowest BCUT2D eigenvalue weighted by atomic mass is 9.93. The van der Waals surface area contributed by atoms with Crippen molar-refractivity contribution in [1.82, 2.24) is 19.8 Å². The van der Waals surface area contributed by atoms with Gasteiger partial charge >= 0.3 is 0 Å². The van der Waals surface area contributed by atoms with Gasteiger partial charge in [-0.3, -0.25) is 9.48 Å². The van der Waals surface area contributed by atoms with Crippen molar-refractivity contribution in [3.8, 4) is 22.8 Å². The molecule has 5 rings (SSSR count). The number of carbonyl (C=O) groups excluding carboxylic acids is 1. The molecule has 0 atom stereocenters. The van der Waals surface area contributed by atoms with Gasteiger partial charge in [-0.05, 0) is 37.5 Å². The van der Waals surface area contributed by atoms with E-state index < -0.39 is 0 Å². The second-order valence-corrected chi connectivity index (χ2v) is 8.26. The fourth-order valence-electron chi connectivity index (χ4n) is 4.39. The highest BCUT2D eigenvalue weighted by molar-refractivity contribution is 5.92. The van der Waals surface area contributed by atoms with Gasteiger partial charge in [0.05, 0.1) is 6.20 Å². The van der Waals surface area contributed by atoms with Crippen LogP contribution in [-0.4, -0.2) is 38.6 Å². The summed E-state index contributed by atoms with van der Waals surface area (Å²) < 4.78 is 18.2. The van der Waals surface area contributed by atoms with Crippen LogP contribution in [0, 0.1) is 6.92 Å². The van der Waals surface area contributed by atoms with Crippen LogP contribution < -0.4 is 9.47 Å². The van der Waals surface area contributed by atoms with E-state index in [1.807, 2.05) is 37.1 Å². The summed E-state index contributed by atoms with van der Waals surface area (Å²) in [5.74, 6) is 1.59. The van der Waals surface area contributed by atoms with Gasteiger partial charge in [0, 0.05) is 37.0 Å². The minimum atomic E-state index is -0.134. The molecule has 1 aliphatic heterocycles. The zero-order valence-corrected chi connectivity index (χ0v) is 17.8. The predicted octanol–water partition coefficient (Wildman–Crippen LogP) is 4.09. The molecule has 0 unspecified atom stereocenters. The fourth-order valence-corrected chi connectivity index (χ4v) is 4.39. The van der Waals surface area contributed by atoms with E-state index in [0.29, 0.717) is 12.2 Å². The highest BCUT2D eigenvalue weighted by Crippen LogP contribution is 2.34. The Bertz CT molecular complexity index is 1100. The van der Waals surface area contributed by atoms with Crippen LogP contribution in [0.1, 0.15) is 53.9 Å². The molecule has 1 amide bonds. The van der Waals surface area contributed by atoms with Gasteiger partial charge < -0.3 is 18.9 Å². The lowest BCUT2D eigenvalue weighted by molar-refractivity contribution is 0.0572. The van der Waals surface area contributed by atoms with Crippen LogP contribution in [-0.2, 0) is 13.6 Å². The summed E-state index contributed by atoms with van der Waals surface area (Å²) in [7, 11) is 1.88. The lowest BCUT2D eigenvalue weighted by Gasteiger charge is -2.34. The van der Waals surface area contributed by atoms with Gasteiger partial charge in [0.15, 0.2) is 11.5 Å². The predicted molar refractivity (Wildman–Crippen MR) is 113 cm³/mol. The topological polar surface area (TPSA) is 82.6 Å². The maximum Gasteiger partial charge on any atom is 0.293 e. The van der Waals surface area contributed by atoms with Gasteiger partial charge in [-0.25, -0.2) is 0 Å². The largest absolute Gasteiger partial charge is 0.454 e. The van der Waals surface area contributed by atoms with Crippen molar-refractivity contribution in [2.24, 2.45) is 7.05 Å². The maximum atomic E-state index is 13.5. The Morgan fingerprint density at radius 2 is 1.97 bits per heavy atom. The first-order valence-electron chi connectivity index (χ1n) is 10.8. The molecule has 2 aromatic heterocycles.